The van der Waals surface area contributed by atoms with E-state index in [2.05, 4.69) is 175 Å². The van der Waals surface area contributed by atoms with E-state index in [1.54, 1.807) is 0 Å². The van der Waals surface area contributed by atoms with Crippen molar-refractivity contribution in [1.29, 1.82) is 0 Å². The average Bonchev–Trinajstić information content (AvgIpc) is 2.96. The van der Waals surface area contributed by atoms with E-state index in [1.807, 2.05) is 0 Å². The quantitative estimate of drug-likeness (QED) is 0.205. The zero-order chi connectivity index (χ0) is 25.1. The Bertz CT molecular complexity index is 1140. The summed E-state index contributed by atoms with van der Waals surface area (Å²) in [6.07, 6.45) is 2.63. The summed E-state index contributed by atoms with van der Waals surface area (Å²) in [5.41, 5.74) is 6.87. The molecule has 0 atom stereocenters. The van der Waals surface area contributed by atoms with Gasteiger partial charge in [-0.3, -0.25) is 0 Å². The van der Waals surface area contributed by atoms with Crippen molar-refractivity contribution in [2.75, 3.05) is 0 Å². The van der Waals surface area contributed by atoms with Crippen LogP contribution in [-0.2, 0) is 6.42 Å². The zero-order valence-corrected chi connectivity index (χ0v) is 23.3. The first kappa shape index (κ1) is 26.0. The van der Waals surface area contributed by atoms with Gasteiger partial charge in [0.25, 0.3) is 22.6 Å². The highest BCUT2D eigenvalue weighted by molar-refractivity contribution is 7.19. The van der Waals surface area contributed by atoms with Gasteiger partial charge in [-0.25, -0.2) is 0 Å². The van der Waals surface area contributed by atoms with Crippen LogP contribution >= 0.6 is 0 Å². The number of benzene rings is 5. The Kier molecular flexibility index (Phi) is 9.57. The summed E-state index contributed by atoms with van der Waals surface area (Å²) in [6, 6.07) is 52.2. The predicted molar refractivity (Wildman–Crippen MR) is 155 cm³/mol. The van der Waals surface area contributed by atoms with Crippen molar-refractivity contribution < 1.29 is 22.6 Å². The van der Waals surface area contributed by atoms with E-state index in [1.165, 1.54) is 50.2 Å². The Labute approximate surface area is 230 Å². The van der Waals surface area contributed by atoms with E-state index in [4.69, 9.17) is 0 Å². The van der Waals surface area contributed by atoms with Crippen LogP contribution in [-0.4, -0.2) is 6.15 Å². The van der Waals surface area contributed by atoms with Gasteiger partial charge < -0.3 is 0 Å². The van der Waals surface area contributed by atoms with Crippen molar-refractivity contribution in [3.8, 4) is 0 Å². The van der Waals surface area contributed by atoms with Crippen LogP contribution in [0.15, 0.2) is 146 Å². The predicted octanol–water partition coefficient (Wildman–Crippen LogP) is 2.55. The maximum Gasteiger partial charge on any atom is 0.297 e. The second kappa shape index (κ2) is 13.3. The third-order valence-corrected chi connectivity index (χ3v) is 8.11. The van der Waals surface area contributed by atoms with Crippen LogP contribution in [0, 0.1) is 3.57 Å². The lowest BCUT2D eigenvalue weighted by Gasteiger charge is -2.44. The first-order valence-electron chi connectivity index (χ1n) is 12.9. The molecule has 0 unspecified atom stereocenters. The highest BCUT2D eigenvalue weighted by Crippen LogP contribution is 2.09. The first-order chi connectivity index (χ1) is 17.8. The SMILES string of the molecule is CCCCc1ccccc1[IH+].c1ccc([B-](c2ccccc2)(c2ccccc2)c2ccccc2)cc1. The van der Waals surface area contributed by atoms with Crippen molar-refractivity contribution in [2.24, 2.45) is 0 Å². The molecule has 0 N–H and O–H groups in total. The smallest absolute Gasteiger partial charge is 0.195 e. The normalized spacial score (nSPS) is 10.8. The fraction of sp³-hybridized carbons (Fsp3) is 0.118. The number of aryl methyl sites for hydroxylation is 1. The molecular formula is C34H34BI. The summed E-state index contributed by atoms with van der Waals surface area (Å²) in [5.74, 6) is 0. The van der Waals surface area contributed by atoms with Gasteiger partial charge >= 0.3 is 0 Å². The maximum absolute atomic E-state index is 2.26. The molecule has 0 fully saturated rings. The Morgan fingerprint density at radius 2 is 0.806 bits per heavy atom. The number of unbranched alkanes of at least 4 members (excludes halogenated alkanes) is 1. The minimum absolute atomic E-state index is 1.22. The highest BCUT2D eigenvalue weighted by Gasteiger charge is 2.31. The van der Waals surface area contributed by atoms with Gasteiger partial charge in [-0.2, -0.15) is 21.9 Å². The van der Waals surface area contributed by atoms with Gasteiger partial charge in [0.1, 0.15) is 6.15 Å². The standard InChI is InChI=1S/C24H20B.C10H14I/c1-5-13-21(14-6-1)25(22-15-7-2-8-16-22,23-17-9-3-10-18-23)24-19-11-4-12-20-24;1-2-3-6-9-7-4-5-8-10(9)11/h1-20H;4-5,7-8,11H,2-3,6H2,1H3/q-1;+1. The van der Waals surface area contributed by atoms with E-state index >= 15 is 0 Å². The lowest BCUT2D eigenvalue weighted by atomic mass is 9.13. The van der Waals surface area contributed by atoms with Crippen molar-refractivity contribution in [3.63, 3.8) is 0 Å². The summed E-state index contributed by atoms with van der Waals surface area (Å²) in [6.45, 7) is 2.24. The molecule has 2 heteroatoms. The molecule has 0 aliphatic heterocycles. The first-order valence-corrected chi connectivity index (χ1v) is 14.1. The summed E-state index contributed by atoms with van der Waals surface area (Å²) >= 11 is 2.11. The van der Waals surface area contributed by atoms with Crippen LogP contribution in [0.5, 0.6) is 0 Å². The van der Waals surface area contributed by atoms with Crippen molar-refractivity contribution >= 4 is 28.0 Å². The number of hydrogen-bond donors (Lipinski definition) is 0. The minimum Gasteiger partial charge on any atom is -0.195 e. The molecule has 5 aromatic rings. The molecule has 0 nitrogen and oxygen atoms in total. The Morgan fingerprint density at radius 3 is 1.14 bits per heavy atom. The number of hydrogen-bond acceptors (Lipinski definition) is 0. The van der Waals surface area contributed by atoms with Gasteiger partial charge in [-0.05, 0) is 18.9 Å². The molecule has 0 heterocycles. The monoisotopic (exact) mass is 580 g/mol. The van der Waals surface area contributed by atoms with Crippen LogP contribution in [0.2, 0.25) is 0 Å². The molecule has 0 bridgehead atoms. The fourth-order valence-corrected chi connectivity index (χ4v) is 5.91. The Hall–Kier alpha value is -3.11. The van der Waals surface area contributed by atoms with E-state index in [0.717, 1.165) is 0 Å². The Morgan fingerprint density at radius 1 is 0.472 bits per heavy atom. The van der Waals surface area contributed by atoms with Crippen LogP contribution in [0.25, 0.3) is 0 Å². The minimum atomic E-state index is -1.22. The molecule has 0 aliphatic rings. The van der Waals surface area contributed by atoms with Gasteiger partial charge in [0.05, 0.1) is 0 Å². The van der Waals surface area contributed by atoms with E-state index < -0.39 is 6.15 Å². The largest absolute Gasteiger partial charge is 0.297 e. The van der Waals surface area contributed by atoms with Gasteiger partial charge in [0.2, 0.25) is 0 Å². The summed E-state index contributed by atoms with van der Waals surface area (Å²) < 4.78 is 1.44. The van der Waals surface area contributed by atoms with E-state index in [0.29, 0.717) is 0 Å². The molecule has 0 saturated heterocycles. The molecule has 36 heavy (non-hydrogen) atoms. The summed E-state index contributed by atoms with van der Waals surface area (Å²) in [5, 5.41) is 0. The van der Waals surface area contributed by atoms with Crippen molar-refractivity contribution in [3.05, 3.63) is 155 Å². The van der Waals surface area contributed by atoms with Crippen molar-refractivity contribution in [1.82, 2.24) is 0 Å². The molecule has 5 rings (SSSR count). The molecular weight excluding hydrogens is 546 g/mol. The van der Waals surface area contributed by atoms with Crippen LogP contribution in [0.1, 0.15) is 25.3 Å². The van der Waals surface area contributed by atoms with Crippen LogP contribution in [0.3, 0.4) is 0 Å². The third-order valence-electron chi connectivity index (χ3n) is 6.97. The Balaban J connectivity index is 0.000000233. The van der Waals surface area contributed by atoms with E-state index in [9.17, 15) is 0 Å². The molecule has 180 valence electrons. The topological polar surface area (TPSA) is 0 Å². The van der Waals surface area contributed by atoms with E-state index in [-0.39, 0.29) is 0 Å². The molecule has 0 amide bonds. The van der Waals surface area contributed by atoms with Gasteiger partial charge in [-0.1, -0.05) is 153 Å². The molecule has 0 aromatic heterocycles. The zero-order valence-electron chi connectivity index (χ0n) is 21.0. The fourth-order valence-electron chi connectivity index (χ4n) is 5.20. The number of halogens is 1. The second-order valence-corrected chi connectivity index (χ2v) is 10.5. The lowest BCUT2D eigenvalue weighted by Crippen LogP contribution is -3.34. The van der Waals surface area contributed by atoms with Gasteiger partial charge in [0.15, 0.2) is 3.57 Å². The third kappa shape index (κ3) is 5.99. The molecule has 0 spiro atoms. The summed E-state index contributed by atoms with van der Waals surface area (Å²) in [4.78, 5) is 0. The molecule has 0 saturated carbocycles. The number of rotatable bonds is 7. The summed E-state index contributed by atoms with van der Waals surface area (Å²) in [7, 11) is 0. The van der Waals surface area contributed by atoms with Gasteiger partial charge in [0, 0.05) is 5.56 Å². The second-order valence-electron chi connectivity index (χ2n) is 9.22. The maximum atomic E-state index is 2.26. The van der Waals surface area contributed by atoms with Gasteiger partial charge in [-0.15, -0.1) is 0 Å². The molecule has 5 aromatic carbocycles. The molecule has 0 aliphatic carbocycles. The van der Waals surface area contributed by atoms with Crippen molar-refractivity contribution in [2.45, 2.75) is 26.2 Å². The van der Waals surface area contributed by atoms with Crippen LogP contribution in [0.4, 0.5) is 0 Å². The molecule has 0 radical (unpaired) electrons. The van der Waals surface area contributed by atoms with Crippen LogP contribution < -0.4 is 44.4 Å². The highest BCUT2D eigenvalue weighted by atomic mass is 127. The lowest BCUT2D eigenvalue weighted by molar-refractivity contribution is -0.329. The average molecular weight is 580 g/mol.